The summed E-state index contributed by atoms with van der Waals surface area (Å²) in [7, 11) is 1.69. The van der Waals surface area contributed by atoms with Crippen LogP contribution in [0.3, 0.4) is 0 Å². The third kappa shape index (κ3) is 2.51. The Bertz CT molecular complexity index is 661. The number of anilines is 1. The van der Waals surface area contributed by atoms with Crippen molar-refractivity contribution in [1.82, 2.24) is 14.8 Å². The van der Waals surface area contributed by atoms with Gasteiger partial charge in [0.25, 0.3) is 0 Å². The molecule has 2 heterocycles. The molecular weight excluding hydrogens is 278 g/mol. The highest BCUT2D eigenvalue weighted by Gasteiger charge is 2.26. The van der Waals surface area contributed by atoms with Crippen molar-refractivity contribution in [2.75, 3.05) is 5.32 Å². The van der Waals surface area contributed by atoms with Gasteiger partial charge < -0.3 is 5.32 Å². The van der Waals surface area contributed by atoms with Gasteiger partial charge in [0.1, 0.15) is 5.69 Å². The summed E-state index contributed by atoms with van der Waals surface area (Å²) >= 11 is 1.60. The van der Waals surface area contributed by atoms with E-state index in [-0.39, 0.29) is 11.7 Å². The molecule has 2 aromatic rings. The van der Waals surface area contributed by atoms with E-state index in [0.29, 0.717) is 11.5 Å². The second-order valence-corrected chi connectivity index (χ2v) is 5.95. The maximum absolute atomic E-state index is 11.1. The molecule has 0 unspecified atom stereocenters. The fourth-order valence-corrected chi connectivity index (χ4v) is 3.18. The van der Waals surface area contributed by atoms with Crippen molar-refractivity contribution in [3.63, 3.8) is 0 Å². The molecule has 0 radical (unpaired) electrons. The molecule has 0 amide bonds. The van der Waals surface area contributed by atoms with Crippen LogP contribution in [-0.4, -0.2) is 19.7 Å². The van der Waals surface area contributed by atoms with Gasteiger partial charge in [-0.1, -0.05) is 0 Å². The van der Waals surface area contributed by atoms with Gasteiger partial charge in [-0.05, 0) is 27.7 Å². The van der Waals surface area contributed by atoms with Crippen LogP contribution in [0, 0.1) is 30.9 Å². The molecular formula is C12H17N5O2S. The first-order valence-corrected chi connectivity index (χ1v) is 7.01. The van der Waals surface area contributed by atoms with Crippen LogP contribution in [-0.2, 0) is 7.05 Å². The summed E-state index contributed by atoms with van der Waals surface area (Å²) in [6.07, 6.45) is 0. The molecule has 8 heteroatoms. The molecule has 7 nitrogen and oxygen atoms in total. The third-order valence-corrected chi connectivity index (χ3v) is 4.31. The molecule has 0 saturated heterocycles. The number of nitro groups is 1. The molecule has 0 aromatic carbocycles. The Labute approximate surface area is 120 Å². The van der Waals surface area contributed by atoms with Crippen LogP contribution in [0.4, 0.5) is 11.5 Å². The number of hydrogen-bond acceptors (Lipinski definition) is 6. The second kappa shape index (κ2) is 5.20. The second-order valence-electron chi connectivity index (χ2n) is 4.71. The largest absolute Gasteiger partial charge is 0.357 e. The summed E-state index contributed by atoms with van der Waals surface area (Å²) in [6, 6.07) is -0.0605. The highest BCUT2D eigenvalue weighted by atomic mass is 32.1. The maximum Gasteiger partial charge on any atom is 0.333 e. The summed E-state index contributed by atoms with van der Waals surface area (Å²) in [5.74, 6) is 0.422. The van der Waals surface area contributed by atoms with Gasteiger partial charge in [-0.15, -0.1) is 11.3 Å². The van der Waals surface area contributed by atoms with Crippen molar-refractivity contribution < 1.29 is 4.92 Å². The van der Waals surface area contributed by atoms with Crippen molar-refractivity contribution in [3.8, 4) is 0 Å². The molecule has 0 aliphatic heterocycles. The minimum absolute atomic E-state index is 0.0261. The van der Waals surface area contributed by atoms with E-state index in [1.165, 1.54) is 4.68 Å². The Hall–Kier alpha value is -1.96. The first-order valence-electron chi connectivity index (χ1n) is 6.19. The smallest absolute Gasteiger partial charge is 0.333 e. The lowest BCUT2D eigenvalue weighted by Crippen LogP contribution is -2.11. The van der Waals surface area contributed by atoms with Crippen LogP contribution >= 0.6 is 11.3 Å². The van der Waals surface area contributed by atoms with Crippen molar-refractivity contribution in [2.45, 2.75) is 33.7 Å². The van der Waals surface area contributed by atoms with E-state index < -0.39 is 4.92 Å². The highest BCUT2D eigenvalue weighted by molar-refractivity contribution is 7.11. The van der Waals surface area contributed by atoms with E-state index in [0.717, 1.165) is 15.6 Å². The van der Waals surface area contributed by atoms with Crippen LogP contribution in [0.1, 0.15) is 34.2 Å². The summed E-state index contributed by atoms with van der Waals surface area (Å²) < 4.78 is 1.51. The van der Waals surface area contributed by atoms with E-state index in [1.54, 1.807) is 25.3 Å². The fourth-order valence-electron chi connectivity index (χ4n) is 2.25. The molecule has 20 heavy (non-hydrogen) atoms. The molecule has 0 aliphatic carbocycles. The zero-order chi connectivity index (χ0) is 15.0. The van der Waals surface area contributed by atoms with E-state index in [2.05, 4.69) is 15.4 Å². The molecule has 1 atom stereocenters. The number of aromatic nitrogens is 3. The van der Waals surface area contributed by atoms with Gasteiger partial charge in [0.05, 0.1) is 21.7 Å². The van der Waals surface area contributed by atoms with Gasteiger partial charge in [0.15, 0.2) is 0 Å². The quantitative estimate of drug-likeness (QED) is 0.692. The van der Waals surface area contributed by atoms with Gasteiger partial charge in [-0.2, -0.15) is 5.10 Å². The van der Waals surface area contributed by atoms with Crippen molar-refractivity contribution in [1.29, 1.82) is 0 Å². The summed E-state index contributed by atoms with van der Waals surface area (Å²) in [5.41, 5.74) is 1.39. The first kappa shape index (κ1) is 14.4. The molecule has 108 valence electrons. The van der Waals surface area contributed by atoms with Crippen LogP contribution in [0.5, 0.6) is 0 Å². The highest BCUT2D eigenvalue weighted by Crippen LogP contribution is 2.33. The Kier molecular flexibility index (Phi) is 3.76. The van der Waals surface area contributed by atoms with Gasteiger partial charge >= 0.3 is 5.69 Å². The predicted octanol–water partition coefficient (Wildman–Crippen LogP) is 2.88. The van der Waals surface area contributed by atoms with Crippen LogP contribution in [0.2, 0.25) is 0 Å². The van der Waals surface area contributed by atoms with Crippen LogP contribution in [0.15, 0.2) is 0 Å². The zero-order valence-corrected chi connectivity index (χ0v) is 12.9. The Morgan fingerprint density at radius 2 is 2.00 bits per heavy atom. The number of rotatable bonds is 4. The molecule has 0 saturated carbocycles. The number of nitrogens with zero attached hydrogens (tertiary/aromatic N) is 4. The average Bonchev–Trinajstić information content (AvgIpc) is 2.79. The van der Waals surface area contributed by atoms with Gasteiger partial charge in [-0.3, -0.25) is 10.1 Å². The normalized spacial score (nSPS) is 12.4. The number of nitrogens with one attached hydrogen (secondary N) is 1. The van der Waals surface area contributed by atoms with Crippen molar-refractivity contribution >= 4 is 22.8 Å². The summed E-state index contributed by atoms with van der Waals surface area (Å²) in [5, 5.41) is 19.4. The first-order chi connectivity index (χ1) is 9.31. The number of hydrogen-bond donors (Lipinski definition) is 1. The monoisotopic (exact) mass is 295 g/mol. The molecule has 1 N–H and O–H groups in total. The lowest BCUT2D eigenvalue weighted by Gasteiger charge is -2.13. The topological polar surface area (TPSA) is 85.9 Å². The van der Waals surface area contributed by atoms with E-state index in [1.807, 2.05) is 20.8 Å². The van der Waals surface area contributed by atoms with Gasteiger partial charge in [0, 0.05) is 11.9 Å². The minimum Gasteiger partial charge on any atom is -0.357 e. The minimum atomic E-state index is -0.401. The lowest BCUT2D eigenvalue weighted by molar-refractivity contribution is -0.384. The van der Waals surface area contributed by atoms with E-state index in [9.17, 15) is 10.1 Å². The van der Waals surface area contributed by atoms with E-state index >= 15 is 0 Å². The maximum atomic E-state index is 11.1. The summed E-state index contributed by atoms with van der Waals surface area (Å²) in [6.45, 7) is 7.49. The van der Waals surface area contributed by atoms with Gasteiger partial charge in [-0.25, -0.2) is 9.67 Å². The standard InChI is InChI=1S/C12H17N5O2S/c1-6-10(17(18)19)12(16(5)15-6)14-8(3)11-7(2)13-9(4)20-11/h8,14H,1-5H3/t8-/m0/s1. The Morgan fingerprint density at radius 3 is 2.50 bits per heavy atom. The Morgan fingerprint density at radius 1 is 1.35 bits per heavy atom. The number of aryl methyl sites for hydroxylation is 4. The lowest BCUT2D eigenvalue weighted by atomic mass is 10.2. The van der Waals surface area contributed by atoms with Gasteiger partial charge in [0.2, 0.25) is 5.82 Å². The average molecular weight is 295 g/mol. The molecule has 0 fully saturated rings. The van der Waals surface area contributed by atoms with E-state index in [4.69, 9.17) is 0 Å². The molecule has 2 aromatic heterocycles. The zero-order valence-electron chi connectivity index (χ0n) is 12.1. The molecule has 0 spiro atoms. The molecule has 2 rings (SSSR count). The van der Waals surface area contributed by atoms with Crippen molar-refractivity contribution in [2.24, 2.45) is 7.05 Å². The fraction of sp³-hybridized carbons (Fsp3) is 0.500. The SMILES string of the molecule is Cc1nc(C)c([C@H](C)Nc2c([N+](=O)[O-])c(C)nn2C)s1. The predicted molar refractivity (Wildman–Crippen MR) is 78.2 cm³/mol. The Balaban J connectivity index is 2.35. The summed E-state index contributed by atoms with van der Waals surface area (Å²) in [4.78, 5) is 16.2. The number of thiazole rings is 1. The molecule has 0 aliphatic rings. The van der Waals surface area contributed by atoms with Crippen molar-refractivity contribution in [3.05, 3.63) is 31.4 Å². The molecule has 0 bridgehead atoms. The third-order valence-electron chi connectivity index (χ3n) is 3.06. The van der Waals surface area contributed by atoms with Crippen LogP contribution < -0.4 is 5.32 Å². The van der Waals surface area contributed by atoms with Crippen LogP contribution in [0.25, 0.3) is 0 Å².